The van der Waals surface area contributed by atoms with Crippen LogP contribution in [-0.4, -0.2) is 18.2 Å². The Morgan fingerprint density at radius 3 is 2.65 bits per heavy atom. The van der Waals surface area contributed by atoms with Gasteiger partial charge < -0.3 is 9.52 Å². The largest absolute Gasteiger partial charge is 0.465 e. The number of hydrogen-bond acceptors (Lipinski definition) is 2. The van der Waals surface area contributed by atoms with Gasteiger partial charge >= 0.3 is 6.09 Å². The van der Waals surface area contributed by atoms with Crippen LogP contribution in [0.4, 0.5) is 19.5 Å². The van der Waals surface area contributed by atoms with E-state index in [0.29, 0.717) is 0 Å². The summed E-state index contributed by atoms with van der Waals surface area (Å²) in [6.45, 7) is 0. The maximum Gasteiger partial charge on any atom is 0.413 e. The van der Waals surface area contributed by atoms with E-state index in [1.807, 2.05) is 0 Å². The number of anilines is 1. The summed E-state index contributed by atoms with van der Waals surface area (Å²) in [4.78, 5) is 11.5. The Bertz CT molecular complexity index is 611. The molecule has 0 saturated heterocycles. The molecule has 2 rings (SSSR count). The third-order valence-corrected chi connectivity index (χ3v) is 2.83. The monoisotopic (exact) mass is 305 g/mol. The Morgan fingerprint density at radius 1 is 1.41 bits per heavy atom. The first-order valence-corrected chi connectivity index (χ1v) is 5.25. The Morgan fingerprint density at radius 2 is 2.06 bits per heavy atom. The van der Waals surface area contributed by atoms with Crippen molar-refractivity contribution in [2.45, 2.75) is 0 Å². The minimum Gasteiger partial charge on any atom is -0.465 e. The lowest BCUT2D eigenvalue weighted by atomic mass is 10.2. The van der Waals surface area contributed by atoms with Gasteiger partial charge in [-0.2, -0.15) is 4.39 Å². The quantitative estimate of drug-likeness (QED) is 0.819. The van der Waals surface area contributed by atoms with Crippen LogP contribution in [-0.2, 0) is 0 Å². The van der Waals surface area contributed by atoms with E-state index in [9.17, 15) is 13.6 Å². The second kappa shape index (κ2) is 3.99. The van der Waals surface area contributed by atoms with Crippen molar-refractivity contribution in [3.05, 3.63) is 28.2 Å². The number of hydrogen-bond donors (Lipinski definition) is 1. The minimum absolute atomic E-state index is 0.0483. The van der Waals surface area contributed by atoms with Crippen molar-refractivity contribution in [1.82, 2.24) is 0 Å². The van der Waals surface area contributed by atoms with Gasteiger partial charge in [-0.05, 0) is 22.0 Å². The summed E-state index contributed by atoms with van der Waals surface area (Å²) < 4.78 is 31.6. The van der Waals surface area contributed by atoms with Gasteiger partial charge in [0.25, 0.3) is 0 Å². The highest BCUT2D eigenvalue weighted by Gasteiger charge is 2.19. The molecule has 0 radical (unpaired) electrons. The zero-order valence-electron chi connectivity index (χ0n) is 8.50. The van der Waals surface area contributed by atoms with Crippen LogP contribution in [0.25, 0.3) is 11.0 Å². The second-order valence-corrected chi connectivity index (χ2v) is 4.19. The SMILES string of the molecule is CN(C(=O)O)c1cc2cc(Br)c(F)c(F)c2o1. The highest BCUT2D eigenvalue weighted by Crippen LogP contribution is 2.32. The van der Waals surface area contributed by atoms with Crippen molar-refractivity contribution in [2.75, 3.05) is 11.9 Å². The summed E-state index contributed by atoms with van der Waals surface area (Å²) in [6.07, 6.45) is -1.26. The summed E-state index contributed by atoms with van der Waals surface area (Å²) in [7, 11) is 1.24. The van der Waals surface area contributed by atoms with E-state index in [1.165, 1.54) is 19.2 Å². The number of carbonyl (C=O) groups is 1. The molecule has 0 aliphatic rings. The van der Waals surface area contributed by atoms with Crippen molar-refractivity contribution in [3.8, 4) is 0 Å². The molecule has 0 aliphatic heterocycles. The lowest BCUT2D eigenvalue weighted by Crippen LogP contribution is -2.22. The molecule has 1 heterocycles. The smallest absolute Gasteiger partial charge is 0.413 e. The molecule has 1 amide bonds. The van der Waals surface area contributed by atoms with E-state index in [-0.39, 0.29) is 21.3 Å². The number of rotatable bonds is 1. The molecular weight excluding hydrogens is 300 g/mol. The summed E-state index contributed by atoms with van der Waals surface area (Å²) in [6, 6.07) is 2.63. The van der Waals surface area contributed by atoms with Crippen LogP contribution in [0.3, 0.4) is 0 Å². The first-order valence-electron chi connectivity index (χ1n) is 4.45. The predicted octanol–water partition coefficient (Wildman–Crippen LogP) is 3.59. The van der Waals surface area contributed by atoms with E-state index >= 15 is 0 Å². The van der Waals surface area contributed by atoms with Crippen LogP contribution in [0.15, 0.2) is 21.0 Å². The molecule has 1 aromatic heterocycles. The lowest BCUT2D eigenvalue weighted by molar-refractivity contribution is 0.202. The van der Waals surface area contributed by atoms with E-state index < -0.39 is 17.7 Å². The Kier molecular flexibility index (Phi) is 2.78. The maximum atomic E-state index is 13.5. The third kappa shape index (κ3) is 1.86. The van der Waals surface area contributed by atoms with Gasteiger partial charge in [0.1, 0.15) is 0 Å². The molecule has 0 fully saturated rings. The number of carboxylic acid groups (broad SMARTS) is 1. The average Bonchev–Trinajstić information content (AvgIpc) is 2.68. The normalized spacial score (nSPS) is 10.8. The molecule has 1 N–H and O–H groups in total. The third-order valence-electron chi connectivity index (χ3n) is 2.25. The van der Waals surface area contributed by atoms with Crippen LogP contribution >= 0.6 is 15.9 Å². The Labute approximate surface area is 103 Å². The van der Waals surface area contributed by atoms with Gasteiger partial charge in [0.2, 0.25) is 11.7 Å². The molecule has 90 valence electrons. The highest BCUT2D eigenvalue weighted by atomic mass is 79.9. The number of benzene rings is 1. The fourth-order valence-corrected chi connectivity index (χ4v) is 1.75. The van der Waals surface area contributed by atoms with Crippen molar-refractivity contribution >= 4 is 38.9 Å². The van der Waals surface area contributed by atoms with Crippen molar-refractivity contribution in [3.63, 3.8) is 0 Å². The van der Waals surface area contributed by atoms with Crippen LogP contribution < -0.4 is 4.90 Å². The number of fused-ring (bicyclic) bond motifs is 1. The second-order valence-electron chi connectivity index (χ2n) is 3.33. The standard InChI is InChI=1S/C10H6BrF2NO3/c1-14(10(15)16)6-3-4-2-5(11)7(12)8(13)9(4)17-6/h2-3H,1H3,(H,15,16). The molecule has 17 heavy (non-hydrogen) atoms. The summed E-state index contributed by atoms with van der Waals surface area (Å²) >= 11 is 2.86. The molecule has 0 atom stereocenters. The topological polar surface area (TPSA) is 53.7 Å². The number of halogens is 3. The molecule has 1 aromatic carbocycles. The number of nitrogens with zero attached hydrogens (tertiary/aromatic N) is 1. The van der Waals surface area contributed by atoms with Gasteiger partial charge in [0.15, 0.2) is 11.4 Å². The van der Waals surface area contributed by atoms with Crippen LogP contribution in [0.5, 0.6) is 0 Å². The van der Waals surface area contributed by atoms with Crippen LogP contribution in [0, 0.1) is 11.6 Å². The molecule has 2 aromatic rings. The number of furan rings is 1. The molecule has 4 nitrogen and oxygen atoms in total. The molecular formula is C10H6BrF2NO3. The number of amides is 1. The van der Waals surface area contributed by atoms with Crippen molar-refractivity contribution in [1.29, 1.82) is 0 Å². The van der Waals surface area contributed by atoms with Gasteiger partial charge in [-0.3, -0.25) is 4.90 Å². The maximum absolute atomic E-state index is 13.5. The molecule has 0 saturated carbocycles. The van der Waals surface area contributed by atoms with Crippen LogP contribution in [0.1, 0.15) is 0 Å². The van der Waals surface area contributed by atoms with E-state index in [0.717, 1.165) is 4.90 Å². The van der Waals surface area contributed by atoms with E-state index in [2.05, 4.69) is 15.9 Å². The summed E-state index contributed by atoms with van der Waals surface area (Å²) in [5, 5.41) is 9.00. The first-order chi connectivity index (χ1) is 7.91. The molecule has 0 unspecified atom stereocenters. The average molecular weight is 306 g/mol. The predicted molar refractivity (Wildman–Crippen MR) is 60.3 cm³/mol. The molecule has 0 spiro atoms. The molecule has 0 aliphatic carbocycles. The van der Waals surface area contributed by atoms with Gasteiger partial charge in [-0.15, -0.1) is 0 Å². The van der Waals surface area contributed by atoms with Gasteiger partial charge in [-0.1, -0.05) is 0 Å². The fraction of sp³-hybridized carbons (Fsp3) is 0.100. The fourth-order valence-electron chi connectivity index (χ4n) is 1.33. The van der Waals surface area contributed by atoms with Crippen LogP contribution in [0.2, 0.25) is 0 Å². The van der Waals surface area contributed by atoms with Gasteiger partial charge in [0.05, 0.1) is 4.47 Å². The minimum atomic E-state index is -1.26. The first kappa shape index (κ1) is 11.8. The zero-order valence-corrected chi connectivity index (χ0v) is 10.1. The summed E-state index contributed by atoms with van der Waals surface area (Å²) in [5.74, 6) is -2.31. The van der Waals surface area contributed by atoms with Gasteiger partial charge in [-0.25, -0.2) is 9.18 Å². The Hall–Kier alpha value is -1.63. The van der Waals surface area contributed by atoms with E-state index in [4.69, 9.17) is 9.52 Å². The highest BCUT2D eigenvalue weighted by molar-refractivity contribution is 9.10. The summed E-state index contributed by atoms with van der Waals surface area (Å²) in [5.41, 5.74) is -0.311. The van der Waals surface area contributed by atoms with Gasteiger partial charge in [0, 0.05) is 18.5 Å². The van der Waals surface area contributed by atoms with Crippen molar-refractivity contribution < 1.29 is 23.1 Å². The molecule has 0 bridgehead atoms. The van der Waals surface area contributed by atoms with E-state index in [1.54, 1.807) is 0 Å². The lowest BCUT2D eigenvalue weighted by Gasteiger charge is -2.07. The molecule has 7 heteroatoms. The van der Waals surface area contributed by atoms with Crippen molar-refractivity contribution in [2.24, 2.45) is 0 Å². The Balaban J connectivity index is 2.66. The zero-order chi connectivity index (χ0) is 12.7.